The molecule has 0 fully saturated rings. The van der Waals surface area contributed by atoms with E-state index in [4.69, 9.17) is 10.0 Å². The predicted octanol–water partition coefficient (Wildman–Crippen LogP) is -2.72. The number of hydrogen-bond donors (Lipinski definition) is 0. The molecule has 0 saturated heterocycles. The first-order valence-corrected chi connectivity index (χ1v) is 0.690. The molecule has 0 rings (SSSR count). The van der Waals surface area contributed by atoms with Crippen LogP contribution in [0.5, 0.6) is 0 Å². The zero-order valence-electron chi connectivity index (χ0n) is 2.27. The van der Waals surface area contributed by atoms with Gasteiger partial charge >= 0.3 is 23.9 Å². The van der Waals surface area contributed by atoms with Crippen LogP contribution < -0.4 is 10.0 Å². The summed E-state index contributed by atoms with van der Waals surface area (Å²) in [5.74, 6) is 0. The molecule has 0 aromatic heterocycles. The first-order chi connectivity index (χ1) is 1.73. The maximum absolute atomic E-state index is 9.89. The summed E-state index contributed by atoms with van der Waals surface area (Å²) in [4.78, 5) is 0. The van der Waals surface area contributed by atoms with E-state index in [2.05, 4.69) is 0 Å². The Hall–Kier alpha value is 0.714. The van der Waals surface area contributed by atoms with Crippen LogP contribution in [0.25, 0.3) is 0 Å². The van der Waals surface area contributed by atoms with E-state index in [0.717, 1.165) is 0 Å². The summed E-state index contributed by atoms with van der Waals surface area (Å²) in [5, 5.41) is 16.6. The molecule has 0 N–H and O–H groups in total. The summed E-state index contributed by atoms with van der Waals surface area (Å²) in [7, 11) is -3.17. The number of halogens is 1. The van der Waals surface area contributed by atoms with Crippen LogP contribution >= 0.6 is 0 Å². The Morgan fingerprint density at radius 2 is 1.40 bits per heavy atom. The van der Waals surface area contributed by atoms with Gasteiger partial charge < -0.3 is 14.4 Å². The van der Waals surface area contributed by atoms with E-state index >= 15 is 0 Å². The second-order valence-corrected chi connectivity index (χ2v) is 0.274. The average molecular weight is 181 g/mol. The quantitative estimate of drug-likeness (QED) is 0.381. The van der Waals surface area contributed by atoms with Crippen LogP contribution in [0.15, 0.2) is 0 Å². The molecule has 5 heteroatoms. The summed E-state index contributed by atoms with van der Waals surface area (Å²) in [5.41, 5.74) is 0. The molecule has 0 aliphatic heterocycles. The molecular weight excluding hydrogens is 181 g/mol. The molecule has 0 unspecified atom stereocenters. The van der Waals surface area contributed by atoms with E-state index in [1.54, 1.807) is 0 Å². The molecule has 0 amide bonds. The molecule has 0 aromatic rings. The van der Waals surface area contributed by atoms with E-state index in [9.17, 15) is 4.32 Å². The number of hydrogen-bond acceptors (Lipinski definition) is 2. The molecule has 0 bridgehead atoms. The first kappa shape index (κ1) is 9.21. The molecule has 0 atom stereocenters. The minimum atomic E-state index is -3.17. The Morgan fingerprint density at radius 3 is 1.40 bits per heavy atom. The normalized spacial score (nSPS) is 5.40. The van der Waals surface area contributed by atoms with Crippen molar-refractivity contribution in [1.82, 2.24) is 0 Å². The first-order valence-electron chi connectivity index (χ1n) is 0.690. The van der Waals surface area contributed by atoms with Gasteiger partial charge in [-0.1, -0.05) is 0 Å². The van der Waals surface area contributed by atoms with Crippen LogP contribution in [0.1, 0.15) is 0 Å². The van der Waals surface area contributed by atoms with Gasteiger partial charge in [-0.15, -0.1) is 0 Å². The SMILES string of the molecule is [O-]B([O-])F.[Sn+2]. The van der Waals surface area contributed by atoms with Crippen molar-refractivity contribution in [2.24, 2.45) is 0 Å². The molecule has 26 valence electrons. The van der Waals surface area contributed by atoms with Gasteiger partial charge in [0.05, 0.1) is 0 Å². The fourth-order valence-corrected chi connectivity index (χ4v) is 0. The van der Waals surface area contributed by atoms with Gasteiger partial charge in [0.25, 0.3) is 0 Å². The molecular formula is BFO2Sn. The zero-order valence-corrected chi connectivity index (χ0v) is 5.13. The Kier molecular flexibility index (Phi) is 8.68. The largest absolute Gasteiger partial charge is 2.00 e. The molecule has 0 aliphatic rings. The van der Waals surface area contributed by atoms with E-state index in [1.165, 1.54) is 0 Å². The average Bonchev–Trinajstić information content (AvgIpc) is 0.811. The minimum Gasteiger partial charge on any atom is -0.867 e. The van der Waals surface area contributed by atoms with Crippen molar-refractivity contribution in [3.8, 4) is 0 Å². The second-order valence-electron chi connectivity index (χ2n) is 0.274. The van der Waals surface area contributed by atoms with Gasteiger partial charge in [-0.3, -0.25) is 0 Å². The Labute approximate surface area is 46.1 Å². The van der Waals surface area contributed by atoms with Gasteiger partial charge in [-0.05, 0) is 0 Å². The minimum absolute atomic E-state index is 0. The van der Waals surface area contributed by atoms with Crippen molar-refractivity contribution in [3.63, 3.8) is 0 Å². The van der Waals surface area contributed by atoms with Gasteiger partial charge in [0.15, 0.2) is 0 Å². The summed E-state index contributed by atoms with van der Waals surface area (Å²) in [6, 6.07) is 0. The van der Waals surface area contributed by atoms with Crippen LogP contribution in [-0.4, -0.2) is 31.3 Å². The molecule has 2 nitrogen and oxygen atoms in total. The van der Waals surface area contributed by atoms with Crippen molar-refractivity contribution >= 4 is 31.3 Å². The van der Waals surface area contributed by atoms with Crippen molar-refractivity contribution in [2.75, 3.05) is 0 Å². The van der Waals surface area contributed by atoms with E-state index < -0.39 is 7.40 Å². The van der Waals surface area contributed by atoms with E-state index in [0.29, 0.717) is 0 Å². The Balaban J connectivity index is 0. The van der Waals surface area contributed by atoms with Gasteiger partial charge in [0.2, 0.25) is 0 Å². The topological polar surface area (TPSA) is 46.1 Å². The van der Waals surface area contributed by atoms with E-state index in [-0.39, 0.29) is 23.9 Å². The van der Waals surface area contributed by atoms with Crippen LogP contribution in [0.2, 0.25) is 0 Å². The maximum atomic E-state index is 9.89. The summed E-state index contributed by atoms with van der Waals surface area (Å²) in [6.07, 6.45) is 0. The van der Waals surface area contributed by atoms with Crippen LogP contribution in [0, 0.1) is 0 Å². The third kappa shape index (κ3) is 68.2. The smallest absolute Gasteiger partial charge is 0.867 e. The summed E-state index contributed by atoms with van der Waals surface area (Å²) >= 11 is 0. The van der Waals surface area contributed by atoms with Gasteiger partial charge in [0, 0.05) is 0 Å². The Bertz CT molecular complexity index is 14.4. The van der Waals surface area contributed by atoms with E-state index in [1.807, 2.05) is 0 Å². The third-order valence-electron chi connectivity index (χ3n) is 0. The van der Waals surface area contributed by atoms with Crippen LogP contribution in [-0.2, 0) is 0 Å². The van der Waals surface area contributed by atoms with Gasteiger partial charge in [-0.2, -0.15) is 0 Å². The molecule has 0 heterocycles. The third-order valence-corrected chi connectivity index (χ3v) is 0. The fraction of sp³-hybridized carbons (Fsp3) is 0. The van der Waals surface area contributed by atoms with Crippen molar-refractivity contribution in [2.45, 2.75) is 0 Å². The predicted molar refractivity (Wildman–Crippen MR) is 12.6 cm³/mol. The molecule has 0 spiro atoms. The van der Waals surface area contributed by atoms with Gasteiger partial charge in [-0.25, -0.2) is 0 Å². The summed E-state index contributed by atoms with van der Waals surface area (Å²) < 4.78 is 9.89. The molecule has 0 aromatic carbocycles. The van der Waals surface area contributed by atoms with Crippen molar-refractivity contribution < 1.29 is 14.4 Å². The summed E-state index contributed by atoms with van der Waals surface area (Å²) in [6.45, 7) is 0. The maximum Gasteiger partial charge on any atom is 2.00 e. The van der Waals surface area contributed by atoms with Crippen molar-refractivity contribution in [1.29, 1.82) is 0 Å². The Morgan fingerprint density at radius 1 is 1.40 bits per heavy atom. The van der Waals surface area contributed by atoms with Crippen molar-refractivity contribution in [3.05, 3.63) is 0 Å². The molecule has 5 heavy (non-hydrogen) atoms. The van der Waals surface area contributed by atoms with Crippen LogP contribution in [0.4, 0.5) is 4.32 Å². The molecule has 0 saturated carbocycles. The number of rotatable bonds is 0. The standard InChI is InChI=1S/BFO2.Sn/c2-1(3)4;/q-2;+2. The zero-order chi connectivity index (χ0) is 3.58. The second kappa shape index (κ2) is 4.71. The fourth-order valence-electron chi connectivity index (χ4n) is 0. The monoisotopic (exact) mass is 182 g/mol. The van der Waals surface area contributed by atoms with Crippen LogP contribution in [0.3, 0.4) is 0 Å². The molecule has 0 aliphatic carbocycles. The molecule has 2 radical (unpaired) electrons. The van der Waals surface area contributed by atoms with Gasteiger partial charge in [0.1, 0.15) is 7.40 Å².